The second kappa shape index (κ2) is 4.14. The summed E-state index contributed by atoms with van der Waals surface area (Å²) >= 11 is 0. The van der Waals surface area contributed by atoms with E-state index in [0.717, 1.165) is 6.04 Å². The van der Waals surface area contributed by atoms with Gasteiger partial charge in [-0.05, 0) is 31.9 Å². The van der Waals surface area contributed by atoms with Gasteiger partial charge in [0, 0.05) is 12.1 Å². The molecule has 0 radical (unpaired) electrons. The minimum atomic E-state index is 0.663. The molecule has 1 aromatic rings. The van der Waals surface area contributed by atoms with E-state index in [1.165, 1.54) is 24.9 Å². The monoisotopic (exact) mass is 189 g/mol. The highest BCUT2D eigenvalue weighted by molar-refractivity contribution is 5.20. The van der Waals surface area contributed by atoms with Crippen LogP contribution in [0.15, 0.2) is 30.3 Å². The summed E-state index contributed by atoms with van der Waals surface area (Å²) in [4.78, 5) is 2.61. The summed E-state index contributed by atoms with van der Waals surface area (Å²) in [5.41, 5.74) is 1.48. The zero-order valence-corrected chi connectivity index (χ0v) is 9.11. The van der Waals surface area contributed by atoms with Crippen LogP contribution in [-0.2, 0) is 0 Å². The number of hydrogen-bond acceptors (Lipinski definition) is 1. The lowest BCUT2D eigenvalue weighted by Gasteiger charge is -2.27. The Morgan fingerprint density at radius 1 is 1.21 bits per heavy atom. The van der Waals surface area contributed by atoms with Crippen molar-refractivity contribution in [1.82, 2.24) is 4.90 Å². The molecule has 2 rings (SSSR count). The minimum Gasteiger partial charge on any atom is -0.294 e. The van der Waals surface area contributed by atoms with Crippen molar-refractivity contribution in [3.8, 4) is 0 Å². The van der Waals surface area contributed by atoms with Gasteiger partial charge in [-0.2, -0.15) is 0 Å². The fraction of sp³-hybridized carbons (Fsp3) is 0.538. The van der Waals surface area contributed by atoms with Crippen LogP contribution in [0.5, 0.6) is 0 Å². The highest BCUT2D eigenvalue weighted by Gasteiger charge is 2.29. The van der Waals surface area contributed by atoms with Gasteiger partial charge in [0.2, 0.25) is 0 Å². The highest BCUT2D eigenvalue weighted by atomic mass is 15.2. The quantitative estimate of drug-likeness (QED) is 0.690. The third kappa shape index (κ3) is 1.69. The van der Waals surface area contributed by atoms with Crippen LogP contribution in [0.2, 0.25) is 0 Å². The van der Waals surface area contributed by atoms with Gasteiger partial charge in [-0.1, -0.05) is 37.3 Å². The molecule has 14 heavy (non-hydrogen) atoms. The molecule has 0 bridgehead atoms. The molecular formula is C13H19N. The molecule has 1 heterocycles. The first-order valence-electron chi connectivity index (χ1n) is 5.63. The van der Waals surface area contributed by atoms with Crippen molar-refractivity contribution >= 4 is 0 Å². The molecule has 1 aliphatic heterocycles. The molecule has 76 valence electrons. The average Bonchev–Trinajstić information content (AvgIpc) is 2.61. The van der Waals surface area contributed by atoms with E-state index in [9.17, 15) is 0 Å². The van der Waals surface area contributed by atoms with E-state index in [1.807, 2.05) is 0 Å². The van der Waals surface area contributed by atoms with Crippen LogP contribution >= 0.6 is 0 Å². The summed E-state index contributed by atoms with van der Waals surface area (Å²) in [5.74, 6) is 0. The molecule has 1 saturated heterocycles. The van der Waals surface area contributed by atoms with E-state index in [-0.39, 0.29) is 0 Å². The Balaban J connectivity index is 2.19. The van der Waals surface area contributed by atoms with Crippen LogP contribution in [0.25, 0.3) is 0 Å². The molecule has 0 spiro atoms. The first-order chi connectivity index (χ1) is 6.83. The van der Waals surface area contributed by atoms with Crippen molar-refractivity contribution < 1.29 is 0 Å². The smallest absolute Gasteiger partial charge is 0.0351 e. The molecule has 2 unspecified atom stereocenters. The van der Waals surface area contributed by atoms with Crippen molar-refractivity contribution in [3.05, 3.63) is 35.9 Å². The van der Waals surface area contributed by atoms with Crippen molar-refractivity contribution in [2.45, 2.75) is 38.8 Å². The van der Waals surface area contributed by atoms with Gasteiger partial charge in [0.1, 0.15) is 0 Å². The predicted molar refractivity (Wildman–Crippen MR) is 60.3 cm³/mol. The molecule has 1 fully saturated rings. The lowest BCUT2D eigenvalue weighted by molar-refractivity contribution is 0.216. The summed E-state index contributed by atoms with van der Waals surface area (Å²) in [5, 5.41) is 0. The van der Waals surface area contributed by atoms with Gasteiger partial charge in [-0.3, -0.25) is 4.90 Å². The Labute approximate surface area is 86.7 Å². The minimum absolute atomic E-state index is 0.663. The van der Waals surface area contributed by atoms with Crippen molar-refractivity contribution in [2.24, 2.45) is 0 Å². The van der Waals surface area contributed by atoms with E-state index in [2.05, 4.69) is 49.1 Å². The third-order valence-electron chi connectivity index (χ3n) is 3.37. The van der Waals surface area contributed by atoms with Crippen LogP contribution in [-0.4, -0.2) is 17.5 Å². The Hall–Kier alpha value is -0.820. The molecular weight excluding hydrogens is 170 g/mol. The van der Waals surface area contributed by atoms with Gasteiger partial charge in [-0.25, -0.2) is 0 Å². The Kier molecular flexibility index (Phi) is 2.87. The molecule has 1 aliphatic rings. The second-order valence-electron chi connectivity index (χ2n) is 4.18. The molecule has 1 aromatic carbocycles. The zero-order valence-electron chi connectivity index (χ0n) is 9.11. The Bertz CT molecular complexity index is 281. The Morgan fingerprint density at radius 2 is 1.93 bits per heavy atom. The third-order valence-corrected chi connectivity index (χ3v) is 3.37. The van der Waals surface area contributed by atoms with Crippen LogP contribution in [0.3, 0.4) is 0 Å². The number of rotatable bonds is 2. The lowest BCUT2D eigenvalue weighted by atomic mass is 10.0. The molecule has 0 N–H and O–H groups in total. The van der Waals surface area contributed by atoms with Gasteiger partial charge >= 0.3 is 0 Å². The van der Waals surface area contributed by atoms with Gasteiger partial charge in [0.05, 0.1) is 0 Å². The summed E-state index contributed by atoms with van der Waals surface area (Å²) in [7, 11) is 0. The lowest BCUT2D eigenvalue weighted by Crippen LogP contribution is -2.29. The number of hydrogen-bond donors (Lipinski definition) is 0. The van der Waals surface area contributed by atoms with E-state index >= 15 is 0 Å². The summed E-state index contributed by atoms with van der Waals surface area (Å²) in [6.07, 6.45) is 2.66. The topological polar surface area (TPSA) is 3.24 Å². The number of nitrogens with zero attached hydrogens (tertiary/aromatic N) is 1. The first kappa shape index (κ1) is 9.72. The summed E-state index contributed by atoms with van der Waals surface area (Å²) in [6, 6.07) is 12.3. The fourth-order valence-corrected chi connectivity index (χ4v) is 2.60. The van der Waals surface area contributed by atoms with Gasteiger partial charge < -0.3 is 0 Å². The first-order valence-corrected chi connectivity index (χ1v) is 5.63. The van der Waals surface area contributed by atoms with Crippen molar-refractivity contribution in [2.75, 3.05) is 6.54 Å². The predicted octanol–water partition coefficient (Wildman–Crippen LogP) is 3.23. The molecule has 2 atom stereocenters. The van der Waals surface area contributed by atoms with E-state index in [4.69, 9.17) is 0 Å². The molecule has 1 nitrogen and oxygen atoms in total. The molecule has 0 amide bonds. The molecule has 0 aliphatic carbocycles. The maximum Gasteiger partial charge on any atom is 0.0351 e. The van der Waals surface area contributed by atoms with Crippen LogP contribution < -0.4 is 0 Å². The average molecular weight is 189 g/mol. The van der Waals surface area contributed by atoms with Crippen LogP contribution in [0.1, 0.15) is 38.3 Å². The van der Waals surface area contributed by atoms with E-state index in [0.29, 0.717) is 6.04 Å². The van der Waals surface area contributed by atoms with Crippen LogP contribution in [0.4, 0.5) is 0 Å². The van der Waals surface area contributed by atoms with Crippen LogP contribution in [0, 0.1) is 0 Å². The highest BCUT2D eigenvalue weighted by Crippen LogP contribution is 2.35. The summed E-state index contributed by atoms with van der Waals surface area (Å²) < 4.78 is 0. The SMILES string of the molecule is CCN1C(C)CCC1c1ccccc1. The summed E-state index contributed by atoms with van der Waals surface area (Å²) in [6.45, 7) is 5.77. The van der Waals surface area contributed by atoms with Crippen molar-refractivity contribution in [1.29, 1.82) is 0 Å². The standard InChI is InChI=1S/C13H19N/c1-3-14-11(2)9-10-13(14)12-7-5-4-6-8-12/h4-8,11,13H,3,9-10H2,1-2H3. The largest absolute Gasteiger partial charge is 0.294 e. The van der Waals surface area contributed by atoms with Gasteiger partial charge in [0.15, 0.2) is 0 Å². The molecule has 1 heteroatoms. The second-order valence-corrected chi connectivity index (χ2v) is 4.18. The maximum atomic E-state index is 2.61. The maximum absolute atomic E-state index is 2.61. The number of likely N-dealkylation sites (tertiary alicyclic amines) is 1. The van der Waals surface area contributed by atoms with E-state index in [1.54, 1.807) is 0 Å². The number of benzene rings is 1. The fourth-order valence-electron chi connectivity index (χ4n) is 2.60. The van der Waals surface area contributed by atoms with Gasteiger partial charge in [0.25, 0.3) is 0 Å². The van der Waals surface area contributed by atoms with Crippen molar-refractivity contribution in [3.63, 3.8) is 0 Å². The normalized spacial score (nSPS) is 28.1. The Morgan fingerprint density at radius 3 is 2.57 bits per heavy atom. The van der Waals surface area contributed by atoms with E-state index < -0.39 is 0 Å². The molecule has 0 aromatic heterocycles. The van der Waals surface area contributed by atoms with Gasteiger partial charge in [-0.15, -0.1) is 0 Å². The molecule has 0 saturated carbocycles. The zero-order chi connectivity index (χ0) is 9.97.